The molecule has 0 saturated carbocycles. The minimum Gasteiger partial charge on any atom is -0.398 e. The fraction of sp³-hybridized carbons (Fsp3) is 1.00. The van der Waals surface area contributed by atoms with Gasteiger partial charge in [-0.2, -0.15) is 0 Å². The summed E-state index contributed by atoms with van der Waals surface area (Å²) in [6, 6.07) is 1.97. The molecule has 0 aromatic rings. The molecule has 1 fully saturated rings. The molecule has 2 atom stereocenters. The number of ether oxygens (including phenoxy) is 2. The summed E-state index contributed by atoms with van der Waals surface area (Å²) in [6.07, 6.45) is 1.60. The smallest absolute Gasteiger partial charge is 0.337 e. The van der Waals surface area contributed by atoms with Crippen molar-refractivity contribution >= 4 is 8.56 Å². The van der Waals surface area contributed by atoms with Gasteiger partial charge in [0.1, 0.15) is 6.10 Å². The Hall–Kier alpha value is 0.0569. The van der Waals surface area contributed by atoms with Crippen LogP contribution < -0.4 is 0 Å². The van der Waals surface area contributed by atoms with Crippen LogP contribution in [0.4, 0.5) is 0 Å². The zero-order valence-electron chi connectivity index (χ0n) is 10.8. The third-order valence-corrected chi connectivity index (χ3v) is 6.80. The summed E-state index contributed by atoms with van der Waals surface area (Å²) in [5, 5.41) is 0. The summed E-state index contributed by atoms with van der Waals surface area (Å²) in [5.74, 6) is 0. The van der Waals surface area contributed by atoms with Crippen molar-refractivity contribution < 1.29 is 18.3 Å². The normalized spacial score (nSPS) is 22.1. The van der Waals surface area contributed by atoms with Crippen LogP contribution >= 0.6 is 0 Å². The van der Waals surface area contributed by atoms with Crippen LogP contribution in [0.1, 0.15) is 20.3 Å². The Morgan fingerprint density at radius 3 is 2.44 bits per heavy atom. The van der Waals surface area contributed by atoms with E-state index in [1.54, 1.807) is 14.2 Å². The molecule has 4 nitrogen and oxygen atoms in total. The molecule has 1 rings (SSSR count). The minimum absolute atomic E-state index is 0.257. The van der Waals surface area contributed by atoms with Gasteiger partial charge < -0.3 is 18.3 Å². The van der Waals surface area contributed by atoms with E-state index in [1.165, 1.54) is 0 Å². The van der Waals surface area contributed by atoms with Crippen LogP contribution in [0.5, 0.6) is 0 Å². The highest BCUT2D eigenvalue weighted by Gasteiger charge is 2.33. The van der Waals surface area contributed by atoms with E-state index >= 15 is 0 Å². The van der Waals surface area contributed by atoms with Crippen LogP contribution in [-0.4, -0.2) is 48.2 Å². The Labute approximate surface area is 99.5 Å². The molecule has 0 N–H and O–H groups in total. The van der Waals surface area contributed by atoms with Gasteiger partial charge in [0, 0.05) is 14.2 Å². The first kappa shape index (κ1) is 14.1. The van der Waals surface area contributed by atoms with Gasteiger partial charge in [-0.3, -0.25) is 0 Å². The lowest BCUT2D eigenvalue weighted by Gasteiger charge is -2.27. The standard InChI is InChI=1S/C11H24O4Si/c1-5-16(12-3,13-4)7-6-10(2)14-8-11-9-15-11/h10-11H,5-9H2,1-4H3. The molecule has 0 aromatic heterocycles. The van der Waals surface area contributed by atoms with Gasteiger partial charge in [0.05, 0.1) is 19.3 Å². The molecule has 0 spiro atoms. The second-order valence-electron chi connectivity index (χ2n) is 4.31. The van der Waals surface area contributed by atoms with Gasteiger partial charge in [-0.05, 0) is 25.4 Å². The van der Waals surface area contributed by atoms with Gasteiger partial charge in [0.15, 0.2) is 0 Å². The second-order valence-corrected chi connectivity index (χ2v) is 8.16. The van der Waals surface area contributed by atoms with Gasteiger partial charge >= 0.3 is 8.56 Å². The van der Waals surface area contributed by atoms with E-state index in [-0.39, 0.29) is 6.10 Å². The van der Waals surface area contributed by atoms with Crippen LogP contribution in [0.2, 0.25) is 12.1 Å². The summed E-state index contributed by atoms with van der Waals surface area (Å²) >= 11 is 0. The Kier molecular flexibility index (Phi) is 5.92. The van der Waals surface area contributed by atoms with E-state index in [0.717, 1.165) is 31.7 Å². The highest BCUT2D eigenvalue weighted by atomic mass is 28.4. The number of epoxide rings is 1. The molecule has 0 aliphatic carbocycles. The van der Waals surface area contributed by atoms with E-state index in [2.05, 4.69) is 13.8 Å². The average Bonchev–Trinajstić information content (AvgIpc) is 3.13. The molecule has 1 aliphatic heterocycles. The highest BCUT2D eigenvalue weighted by Crippen LogP contribution is 2.21. The number of rotatable bonds is 9. The first-order chi connectivity index (χ1) is 7.65. The summed E-state index contributed by atoms with van der Waals surface area (Å²) in [4.78, 5) is 0. The second kappa shape index (κ2) is 6.71. The first-order valence-electron chi connectivity index (χ1n) is 5.99. The van der Waals surface area contributed by atoms with Crippen LogP contribution in [0.3, 0.4) is 0 Å². The van der Waals surface area contributed by atoms with Crippen molar-refractivity contribution in [3.05, 3.63) is 0 Å². The van der Waals surface area contributed by atoms with E-state index in [4.69, 9.17) is 18.3 Å². The molecule has 2 unspecified atom stereocenters. The molecular weight excluding hydrogens is 224 g/mol. The van der Waals surface area contributed by atoms with Crippen molar-refractivity contribution in [1.82, 2.24) is 0 Å². The van der Waals surface area contributed by atoms with Gasteiger partial charge in [-0.25, -0.2) is 0 Å². The Balaban J connectivity index is 2.18. The lowest BCUT2D eigenvalue weighted by atomic mass is 10.3. The molecule has 0 aromatic carbocycles. The number of hydrogen-bond donors (Lipinski definition) is 0. The molecule has 0 bridgehead atoms. The molecular formula is C11H24O4Si. The Morgan fingerprint density at radius 1 is 1.38 bits per heavy atom. The third kappa shape index (κ3) is 4.51. The zero-order valence-corrected chi connectivity index (χ0v) is 11.8. The molecule has 0 radical (unpaired) electrons. The predicted octanol–water partition coefficient (Wildman–Crippen LogP) is 1.94. The first-order valence-corrected chi connectivity index (χ1v) is 8.22. The van der Waals surface area contributed by atoms with Gasteiger partial charge in [0.2, 0.25) is 0 Å². The molecule has 5 heteroatoms. The average molecular weight is 248 g/mol. The van der Waals surface area contributed by atoms with Crippen molar-refractivity contribution in [2.24, 2.45) is 0 Å². The highest BCUT2D eigenvalue weighted by molar-refractivity contribution is 6.67. The van der Waals surface area contributed by atoms with Crippen molar-refractivity contribution in [2.75, 3.05) is 27.4 Å². The quantitative estimate of drug-likeness (QED) is 0.462. The number of hydrogen-bond acceptors (Lipinski definition) is 4. The molecule has 1 heterocycles. The summed E-state index contributed by atoms with van der Waals surface area (Å²) in [6.45, 7) is 5.81. The van der Waals surface area contributed by atoms with Crippen LogP contribution in [-0.2, 0) is 18.3 Å². The topological polar surface area (TPSA) is 40.2 Å². The van der Waals surface area contributed by atoms with Crippen LogP contribution in [0.15, 0.2) is 0 Å². The van der Waals surface area contributed by atoms with Gasteiger partial charge in [-0.1, -0.05) is 6.92 Å². The van der Waals surface area contributed by atoms with Crippen molar-refractivity contribution in [1.29, 1.82) is 0 Å². The predicted molar refractivity (Wildman–Crippen MR) is 64.8 cm³/mol. The van der Waals surface area contributed by atoms with E-state index in [0.29, 0.717) is 6.10 Å². The fourth-order valence-corrected chi connectivity index (χ4v) is 4.05. The SMILES string of the molecule is CC[Si](CCC(C)OCC1CO1)(OC)OC. The maximum atomic E-state index is 5.68. The molecule has 96 valence electrons. The molecule has 0 amide bonds. The van der Waals surface area contributed by atoms with Gasteiger partial charge in [0.25, 0.3) is 0 Å². The summed E-state index contributed by atoms with van der Waals surface area (Å²) in [7, 11) is 1.57. The van der Waals surface area contributed by atoms with Crippen molar-refractivity contribution in [3.8, 4) is 0 Å². The third-order valence-electron chi connectivity index (χ3n) is 3.18. The van der Waals surface area contributed by atoms with Crippen molar-refractivity contribution in [3.63, 3.8) is 0 Å². The van der Waals surface area contributed by atoms with Gasteiger partial charge in [-0.15, -0.1) is 0 Å². The lowest BCUT2D eigenvalue weighted by molar-refractivity contribution is 0.0503. The maximum absolute atomic E-state index is 5.68. The zero-order chi connectivity index (χ0) is 12.0. The van der Waals surface area contributed by atoms with Crippen molar-refractivity contribution in [2.45, 2.75) is 44.6 Å². The molecule has 1 saturated heterocycles. The van der Waals surface area contributed by atoms with Crippen LogP contribution in [0.25, 0.3) is 0 Å². The Bertz CT molecular complexity index is 184. The maximum Gasteiger partial charge on any atom is 0.337 e. The van der Waals surface area contributed by atoms with E-state index in [1.807, 2.05) is 0 Å². The lowest BCUT2D eigenvalue weighted by Crippen LogP contribution is -2.39. The largest absolute Gasteiger partial charge is 0.398 e. The fourth-order valence-electron chi connectivity index (χ4n) is 1.70. The van der Waals surface area contributed by atoms with E-state index in [9.17, 15) is 0 Å². The van der Waals surface area contributed by atoms with E-state index < -0.39 is 8.56 Å². The summed E-state index contributed by atoms with van der Waals surface area (Å²) in [5.41, 5.74) is 0. The van der Waals surface area contributed by atoms with Crippen LogP contribution in [0, 0.1) is 0 Å². The summed E-state index contributed by atoms with van der Waals surface area (Å²) < 4.78 is 21.9. The minimum atomic E-state index is -1.93. The molecule has 16 heavy (non-hydrogen) atoms. The monoisotopic (exact) mass is 248 g/mol. The molecule has 1 aliphatic rings. The Morgan fingerprint density at radius 2 is 2.00 bits per heavy atom.